The first-order chi connectivity index (χ1) is 9.24. The maximum atomic E-state index is 12.2. The van der Waals surface area contributed by atoms with E-state index in [9.17, 15) is 8.42 Å². The lowest BCUT2D eigenvalue weighted by molar-refractivity contribution is 0.504. The highest BCUT2D eigenvalue weighted by Crippen LogP contribution is 2.15. The molecular formula is C13H23N3O2S2. The van der Waals surface area contributed by atoms with Crippen LogP contribution < -0.4 is 10.0 Å². The molecule has 0 amide bonds. The van der Waals surface area contributed by atoms with E-state index >= 15 is 0 Å². The van der Waals surface area contributed by atoms with Gasteiger partial charge in [-0.3, -0.25) is 4.99 Å². The van der Waals surface area contributed by atoms with Crippen LogP contribution in [0.2, 0.25) is 0 Å². The van der Waals surface area contributed by atoms with Crippen LogP contribution in [0.4, 0.5) is 0 Å². The summed E-state index contributed by atoms with van der Waals surface area (Å²) in [5.41, 5.74) is -0.261. The third-order valence-electron chi connectivity index (χ3n) is 2.27. The third kappa shape index (κ3) is 5.92. The predicted molar refractivity (Wildman–Crippen MR) is 84.7 cm³/mol. The van der Waals surface area contributed by atoms with E-state index < -0.39 is 10.0 Å². The first-order valence-corrected chi connectivity index (χ1v) is 9.00. The lowest BCUT2D eigenvalue weighted by Crippen LogP contribution is -2.49. The molecule has 0 aromatic carbocycles. The van der Waals surface area contributed by atoms with Crippen LogP contribution in [0.3, 0.4) is 0 Å². The van der Waals surface area contributed by atoms with Crippen molar-refractivity contribution in [2.24, 2.45) is 4.99 Å². The third-order valence-corrected chi connectivity index (χ3v) is 5.00. The summed E-state index contributed by atoms with van der Waals surface area (Å²) in [7, 11) is -3.55. The summed E-state index contributed by atoms with van der Waals surface area (Å²) in [5, 5.41) is 4.83. The van der Waals surface area contributed by atoms with E-state index in [4.69, 9.17) is 0 Å². The molecule has 7 heteroatoms. The zero-order chi connectivity index (χ0) is 15.2. The summed E-state index contributed by atoms with van der Waals surface area (Å²) in [6.07, 6.45) is 1.94. The molecule has 0 aliphatic heterocycles. The fourth-order valence-electron chi connectivity index (χ4n) is 1.40. The Balaban J connectivity index is 2.86. The van der Waals surface area contributed by atoms with Gasteiger partial charge in [0.2, 0.25) is 5.96 Å². The average molecular weight is 317 g/mol. The van der Waals surface area contributed by atoms with Gasteiger partial charge in [-0.05, 0) is 38.6 Å². The van der Waals surface area contributed by atoms with Crippen LogP contribution in [-0.2, 0) is 10.0 Å². The zero-order valence-electron chi connectivity index (χ0n) is 12.4. The Morgan fingerprint density at radius 3 is 2.60 bits per heavy atom. The summed E-state index contributed by atoms with van der Waals surface area (Å²) in [6, 6.07) is 3.29. The van der Waals surface area contributed by atoms with Crippen LogP contribution in [0.5, 0.6) is 0 Å². The Labute approximate surface area is 125 Å². The topological polar surface area (TPSA) is 70.6 Å². The second kappa shape index (κ2) is 7.08. The minimum absolute atomic E-state index is 0.261. The molecule has 0 saturated carbocycles. The highest BCUT2D eigenvalue weighted by Gasteiger charge is 2.20. The molecule has 0 saturated heterocycles. The van der Waals surface area contributed by atoms with Gasteiger partial charge in [0.15, 0.2) is 0 Å². The van der Waals surface area contributed by atoms with Gasteiger partial charge in [-0.1, -0.05) is 19.4 Å². The van der Waals surface area contributed by atoms with Gasteiger partial charge >= 0.3 is 0 Å². The number of guanidine groups is 1. The lowest BCUT2D eigenvalue weighted by atomic mass is 10.1. The molecule has 2 N–H and O–H groups in total. The summed E-state index contributed by atoms with van der Waals surface area (Å²) in [5.74, 6) is 0.305. The quantitative estimate of drug-likeness (QED) is 0.498. The number of hydrogen-bond donors (Lipinski definition) is 2. The van der Waals surface area contributed by atoms with Crippen molar-refractivity contribution in [2.75, 3.05) is 6.54 Å². The summed E-state index contributed by atoms with van der Waals surface area (Å²) in [4.78, 5) is 4.31. The fourth-order valence-corrected chi connectivity index (χ4v) is 3.37. The molecule has 0 atom stereocenters. The first kappa shape index (κ1) is 17.0. The smallest absolute Gasteiger partial charge is 0.273 e. The van der Waals surface area contributed by atoms with Crippen LogP contribution in [-0.4, -0.2) is 26.5 Å². The minimum Gasteiger partial charge on any atom is -0.351 e. The lowest BCUT2D eigenvalue weighted by Gasteiger charge is -2.23. The van der Waals surface area contributed by atoms with Crippen LogP contribution in [0, 0.1) is 0 Å². The summed E-state index contributed by atoms with van der Waals surface area (Å²) >= 11 is 1.18. The second-order valence-electron chi connectivity index (χ2n) is 5.50. The highest BCUT2D eigenvalue weighted by atomic mass is 32.2. The Kier molecular flexibility index (Phi) is 6.01. The van der Waals surface area contributed by atoms with E-state index in [0.717, 1.165) is 12.8 Å². The maximum Gasteiger partial charge on any atom is 0.273 e. The molecular weight excluding hydrogens is 294 g/mol. The van der Waals surface area contributed by atoms with Crippen molar-refractivity contribution in [1.29, 1.82) is 0 Å². The number of hydrogen-bond acceptors (Lipinski definition) is 4. The van der Waals surface area contributed by atoms with E-state index in [1.54, 1.807) is 17.5 Å². The molecule has 0 aliphatic carbocycles. The summed E-state index contributed by atoms with van der Waals surface area (Å²) < 4.78 is 27.2. The second-order valence-corrected chi connectivity index (χ2v) is 8.35. The van der Waals surface area contributed by atoms with Gasteiger partial charge < -0.3 is 5.32 Å². The summed E-state index contributed by atoms with van der Waals surface area (Å²) in [6.45, 7) is 8.55. The van der Waals surface area contributed by atoms with E-state index in [2.05, 4.69) is 22.0 Å². The number of thiophene rings is 1. The number of unbranched alkanes of at least 4 members (excludes halogenated alkanes) is 1. The maximum absolute atomic E-state index is 12.2. The van der Waals surface area contributed by atoms with Crippen LogP contribution >= 0.6 is 11.3 Å². The number of rotatable bonds is 5. The molecule has 0 spiro atoms. The monoisotopic (exact) mass is 317 g/mol. The van der Waals surface area contributed by atoms with Gasteiger partial charge in [-0.2, -0.15) is 0 Å². The molecule has 0 unspecified atom stereocenters. The molecule has 114 valence electrons. The Morgan fingerprint density at radius 1 is 1.40 bits per heavy atom. The van der Waals surface area contributed by atoms with Gasteiger partial charge in [0.25, 0.3) is 10.0 Å². The Bertz CT molecular complexity index is 528. The van der Waals surface area contributed by atoms with E-state index in [1.807, 2.05) is 20.8 Å². The highest BCUT2D eigenvalue weighted by molar-refractivity contribution is 7.92. The Hall–Kier alpha value is -1.08. The first-order valence-electron chi connectivity index (χ1n) is 6.63. The fraction of sp³-hybridized carbons (Fsp3) is 0.615. The van der Waals surface area contributed by atoms with Crippen molar-refractivity contribution in [3.8, 4) is 0 Å². The Morgan fingerprint density at radius 2 is 2.10 bits per heavy atom. The molecule has 1 heterocycles. The normalized spacial score (nSPS) is 13.3. The van der Waals surface area contributed by atoms with Crippen LogP contribution in [0.25, 0.3) is 0 Å². The SMILES string of the molecule is CCCCN=C(NC(C)(C)C)NS(=O)(=O)c1cccs1. The van der Waals surface area contributed by atoms with Gasteiger partial charge in [0.1, 0.15) is 4.21 Å². The molecule has 0 bridgehead atoms. The number of aliphatic imine (C=N–C) groups is 1. The van der Waals surface area contributed by atoms with Gasteiger partial charge in [0, 0.05) is 12.1 Å². The predicted octanol–water partition coefficient (Wildman–Crippen LogP) is 2.57. The van der Waals surface area contributed by atoms with Crippen LogP contribution in [0.15, 0.2) is 26.7 Å². The molecule has 1 aromatic heterocycles. The van der Waals surface area contributed by atoms with Crippen molar-refractivity contribution in [1.82, 2.24) is 10.0 Å². The van der Waals surface area contributed by atoms with Crippen molar-refractivity contribution in [2.45, 2.75) is 50.3 Å². The number of nitrogens with one attached hydrogen (secondary N) is 2. The molecule has 0 aliphatic rings. The standard InChI is InChI=1S/C13H23N3O2S2/c1-5-6-9-14-12(15-13(2,3)4)16-20(17,18)11-8-7-10-19-11/h7-8,10H,5-6,9H2,1-4H3,(H2,14,15,16). The van der Waals surface area contributed by atoms with Crippen molar-refractivity contribution >= 4 is 27.3 Å². The zero-order valence-corrected chi connectivity index (χ0v) is 14.1. The molecule has 0 fully saturated rings. The van der Waals surface area contributed by atoms with Crippen LogP contribution in [0.1, 0.15) is 40.5 Å². The van der Waals surface area contributed by atoms with E-state index in [-0.39, 0.29) is 9.75 Å². The minimum atomic E-state index is -3.55. The van der Waals surface area contributed by atoms with E-state index in [1.165, 1.54) is 11.3 Å². The molecule has 1 rings (SSSR count). The van der Waals surface area contributed by atoms with Crippen molar-refractivity contribution in [3.63, 3.8) is 0 Å². The molecule has 0 radical (unpaired) electrons. The van der Waals surface area contributed by atoms with Gasteiger partial charge in [0.05, 0.1) is 0 Å². The molecule has 5 nitrogen and oxygen atoms in total. The molecule has 1 aromatic rings. The van der Waals surface area contributed by atoms with Gasteiger partial charge in [-0.25, -0.2) is 13.1 Å². The van der Waals surface area contributed by atoms with Crippen molar-refractivity contribution in [3.05, 3.63) is 17.5 Å². The van der Waals surface area contributed by atoms with Crippen molar-refractivity contribution < 1.29 is 8.42 Å². The largest absolute Gasteiger partial charge is 0.351 e. The average Bonchev–Trinajstić information content (AvgIpc) is 2.80. The number of nitrogens with zero attached hydrogens (tertiary/aromatic N) is 1. The molecule has 20 heavy (non-hydrogen) atoms. The number of sulfonamides is 1. The van der Waals surface area contributed by atoms with E-state index in [0.29, 0.717) is 12.5 Å². The van der Waals surface area contributed by atoms with Gasteiger partial charge in [-0.15, -0.1) is 11.3 Å².